The Morgan fingerprint density at radius 3 is 2.78 bits per heavy atom. The third-order valence-corrected chi connectivity index (χ3v) is 2.42. The maximum absolute atomic E-state index is 13.7. The molecule has 0 aliphatic heterocycles. The molecule has 1 rings (SSSR count). The molecule has 0 bridgehead atoms. The van der Waals surface area contributed by atoms with Crippen molar-refractivity contribution in [2.24, 2.45) is 0 Å². The van der Waals surface area contributed by atoms with Crippen LogP contribution in [-0.2, 0) is 11.3 Å². The normalized spacial score (nSPS) is 11.3. The summed E-state index contributed by atoms with van der Waals surface area (Å²) >= 11 is 0. The number of carbonyl (C=O) groups is 1. The van der Waals surface area contributed by atoms with Gasteiger partial charge in [0.1, 0.15) is 5.82 Å². The van der Waals surface area contributed by atoms with E-state index in [4.69, 9.17) is 10.2 Å². The molecule has 4 nitrogen and oxygen atoms in total. The summed E-state index contributed by atoms with van der Waals surface area (Å²) in [6.07, 6.45) is 2.30. The minimum atomic E-state index is -1.07. The zero-order chi connectivity index (χ0) is 13.5. The molecule has 1 aromatic carbocycles. The van der Waals surface area contributed by atoms with Crippen molar-refractivity contribution in [1.29, 1.82) is 0 Å². The predicted molar refractivity (Wildman–Crippen MR) is 66.5 cm³/mol. The lowest BCUT2D eigenvalue weighted by molar-refractivity contribution is -0.131. The summed E-state index contributed by atoms with van der Waals surface area (Å²) < 4.78 is 13.7. The van der Waals surface area contributed by atoms with Gasteiger partial charge in [-0.15, -0.1) is 0 Å². The van der Waals surface area contributed by atoms with Crippen LogP contribution in [0.25, 0.3) is 6.08 Å². The number of halogens is 1. The van der Waals surface area contributed by atoms with Gasteiger partial charge in [0, 0.05) is 24.7 Å². The quantitative estimate of drug-likeness (QED) is 0.751. The number of carboxylic acids is 1. The number of aliphatic hydroxyl groups excluding tert-OH is 1. The summed E-state index contributed by atoms with van der Waals surface area (Å²) in [7, 11) is 1.79. The van der Waals surface area contributed by atoms with Crippen LogP contribution in [0, 0.1) is 5.82 Å². The first-order valence-electron chi connectivity index (χ1n) is 5.51. The average Bonchev–Trinajstić information content (AvgIpc) is 2.30. The highest BCUT2D eigenvalue weighted by Gasteiger charge is 2.05. The van der Waals surface area contributed by atoms with Crippen LogP contribution < -0.4 is 0 Å². The van der Waals surface area contributed by atoms with Crippen molar-refractivity contribution in [3.8, 4) is 0 Å². The zero-order valence-corrected chi connectivity index (χ0v) is 10.1. The molecule has 18 heavy (non-hydrogen) atoms. The van der Waals surface area contributed by atoms with E-state index in [0.717, 1.165) is 6.08 Å². The third-order valence-electron chi connectivity index (χ3n) is 2.42. The van der Waals surface area contributed by atoms with Gasteiger partial charge in [0.15, 0.2) is 0 Å². The Bertz CT molecular complexity index is 446. The molecule has 2 N–H and O–H groups in total. The number of likely N-dealkylation sites (N-methyl/N-ethyl adjacent to an activating group) is 1. The summed E-state index contributed by atoms with van der Waals surface area (Å²) in [5.74, 6) is -1.45. The molecule has 0 atom stereocenters. The van der Waals surface area contributed by atoms with E-state index in [1.807, 2.05) is 0 Å². The highest BCUT2D eigenvalue weighted by Crippen LogP contribution is 2.13. The summed E-state index contributed by atoms with van der Waals surface area (Å²) in [6.45, 7) is 0.896. The molecule has 0 unspecified atom stereocenters. The third kappa shape index (κ3) is 4.65. The van der Waals surface area contributed by atoms with Crippen LogP contribution in [0.1, 0.15) is 11.1 Å². The van der Waals surface area contributed by atoms with Crippen molar-refractivity contribution >= 4 is 12.0 Å². The number of carboxylic acid groups (broad SMARTS) is 1. The molecule has 1 aromatic rings. The Kier molecular flexibility index (Phi) is 5.48. The lowest BCUT2D eigenvalue weighted by Gasteiger charge is -2.15. The number of aliphatic hydroxyl groups is 1. The number of aliphatic carboxylic acids is 1. The van der Waals surface area contributed by atoms with Crippen LogP contribution >= 0.6 is 0 Å². The van der Waals surface area contributed by atoms with E-state index in [0.29, 0.717) is 24.2 Å². The molecule has 0 saturated heterocycles. The minimum absolute atomic E-state index is 0.0253. The molecule has 0 saturated carbocycles. The minimum Gasteiger partial charge on any atom is -0.478 e. The summed E-state index contributed by atoms with van der Waals surface area (Å²) in [6, 6.07) is 4.57. The molecule has 0 heterocycles. The first-order valence-corrected chi connectivity index (χ1v) is 5.51. The number of rotatable bonds is 6. The van der Waals surface area contributed by atoms with Gasteiger partial charge in [0.05, 0.1) is 6.61 Å². The second-order valence-electron chi connectivity index (χ2n) is 3.98. The van der Waals surface area contributed by atoms with Gasteiger partial charge < -0.3 is 10.2 Å². The van der Waals surface area contributed by atoms with Crippen LogP contribution in [0.4, 0.5) is 4.39 Å². The van der Waals surface area contributed by atoms with E-state index in [-0.39, 0.29) is 12.4 Å². The fourth-order valence-corrected chi connectivity index (χ4v) is 1.50. The maximum atomic E-state index is 13.7. The average molecular weight is 253 g/mol. The number of hydrogen-bond acceptors (Lipinski definition) is 3. The van der Waals surface area contributed by atoms with Gasteiger partial charge in [-0.3, -0.25) is 4.90 Å². The van der Waals surface area contributed by atoms with Crippen LogP contribution in [0.5, 0.6) is 0 Å². The molecule has 0 aliphatic rings. The van der Waals surface area contributed by atoms with Crippen molar-refractivity contribution < 1.29 is 19.4 Å². The molecule has 0 fully saturated rings. The van der Waals surface area contributed by atoms with Gasteiger partial charge in [-0.2, -0.15) is 0 Å². The largest absolute Gasteiger partial charge is 0.478 e. The van der Waals surface area contributed by atoms with Crippen molar-refractivity contribution in [1.82, 2.24) is 4.90 Å². The van der Waals surface area contributed by atoms with Crippen molar-refractivity contribution in [2.45, 2.75) is 6.54 Å². The fraction of sp³-hybridized carbons (Fsp3) is 0.308. The molecule has 5 heteroatoms. The Hall–Kier alpha value is -1.72. The number of benzene rings is 1. The molecule has 0 amide bonds. The van der Waals surface area contributed by atoms with E-state index >= 15 is 0 Å². The van der Waals surface area contributed by atoms with Gasteiger partial charge in [-0.05, 0) is 24.8 Å². The summed E-state index contributed by atoms with van der Waals surface area (Å²) in [4.78, 5) is 12.1. The number of hydrogen-bond donors (Lipinski definition) is 2. The van der Waals surface area contributed by atoms with E-state index in [1.165, 1.54) is 12.1 Å². The molecule has 98 valence electrons. The molecule has 0 radical (unpaired) electrons. The SMILES string of the molecule is CN(CCO)Cc1ccc(C=CC(=O)O)cc1F. The number of nitrogens with zero attached hydrogens (tertiary/aromatic N) is 1. The first kappa shape index (κ1) is 14.3. The second kappa shape index (κ2) is 6.88. The predicted octanol–water partition coefficient (Wildman–Crippen LogP) is 1.35. The second-order valence-corrected chi connectivity index (χ2v) is 3.98. The van der Waals surface area contributed by atoms with E-state index in [1.54, 1.807) is 24.1 Å². The van der Waals surface area contributed by atoms with E-state index in [9.17, 15) is 9.18 Å². The highest BCUT2D eigenvalue weighted by molar-refractivity contribution is 5.85. The van der Waals surface area contributed by atoms with Gasteiger partial charge in [-0.1, -0.05) is 12.1 Å². The summed E-state index contributed by atoms with van der Waals surface area (Å²) in [5, 5.41) is 17.2. The standard InChI is InChI=1S/C13H16FNO3/c1-15(6-7-16)9-11-4-2-10(8-12(11)14)3-5-13(17)18/h2-5,8,16H,6-7,9H2,1H3,(H,17,18). The molecule has 0 aromatic heterocycles. The van der Waals surface area contributed by atoms with Crippen LogP contribution in [0.3, 0.4) is 0 Å². The topological polar surface area (TPSA) is 60.8 Å². The Balaban J connectivity index is 2.76. The molecular weight excluding hydrogens is 237 g/mol. The van der Waals surface area contributed by atoms with E-state index < -0.39 is 5.97 Å². The van der Waals surface area contributed by atoms with Gasteiger partial charge in [0.2, 0.25) is 0 Å². The highest BCUT2D eigenvalue weighted by atomic mass is 19.1. The lowest BCUT2D eigenvalue weighted by Crippen LogP contribution is -2.22. The smallest absolute Gasteiger partial charge is 0.328 e. The molecule has 0 spiro atoms. The van der Waals surface area contributed by atoms with Gasteiger partial charge in [0.25, 0.3) is 0 Å². The van der Waals surface area contributed by atoms with Crippen molar-refractivity contribution in [2.75, 3.05) is 20.2 Å². The van der Waals surface area contributed by atoms with Crippen molar-refractivity contribution in [3.63, 3.8) is 0 Å². The Morgan fingerprint density at radius 2 is 2.22 bits per heavy atom. The van der Waals surface area contributed by atoms with Crippen LogP contribution in [0.15, 0.2) is 24.3 Å². The zero-order valence-electron chi connectivity index (χ0n) is 10.1. The monoisotopic (exact) mass is 253 g/mol. The Labute approximate surface area is 105 Å². The van der Waals surface area contributed by atoms with Crippen LogP contribution in [-0.4, -0.2) is 41.3 Å². The van der Waals surface area contributed by atoms with Crippen molar-refractivity contribution in [3.05, 3.63) is 41.2 Å². The Morgan fingerprint density at radius 1 is 1.50 bits per heavy atom. The van der Waals surface area contributed by atoms with Gasteiger partial charge >= 0.3 is 5.97 Å². The molecule has 0 aliphatic carbocycles. The first-order chi connectivity index (χ1) is 8.52. The fourth-order valence-electron chi connectivity index (χ4n) is 1.50. The summed E-state index contributed by atoms with van der Waals surface area (Å²) in [5.41, 5.74) is 1.02. The maximum Gasteiger partial charge on any atom is 0.328 e. The van der Waals surface area contributed by atoms with E-state index in [2.05, 4.69) is 0 Å². The van der Waals surface area contributed by atoms with Gasteiger partial charge in [-0.25, -0.2) is 9.18 Å². The lowest BCUT2D eigenvalue weighted by atomic mass is 10.1. The van der Waals surface area contributed by atoms with Crippen LogP contribution in [0.2, 0.25) is 0 Å². The molecular formula is C13H16FNO3.